The fourth-order valence-corrected chi connectivity index (χ4v) is 2.20. The molecule has 1 saturated heterocycles. The van der Waals surface area contributed by atoms with Gasteiger partial charge in [-0.05, 0) is 6.42 Å². The Hall–Kier alpha value is 0.932. The van der Waals surface area contributed by atoms with Crippen molar-refractivity contribution in [3.8, 4) is 0 Å². The van der Waals surface area contributed by atoms with Crippen molar-refractivity contribution < 1.29 is 46.1 Å². The van der Waals surface area contributed by atoms with Crippen molar-refractivity contribution in [2.24, 2.45) is 11.8 Å². The molecule has 0 amide bonds. The van der Waals surface area contributed by atoms with Gasteiger partial charge in [0.1, 0.15) is 0 Å². The molecule has 1 aliphatic carbocycles. The van der Waals surface area contributed by atoms with Crippen LogP contribution in [-0.2, 0) is 4.74 Å². The van der Waals surface area contributed by atoms with Crippen molar-refractivity contribution in [2.75, 3.05) is 6.61 Å². The van der Waals surface area contributed by atoms with Gasteiger partial charge in [0.2, 0.25) is 0 Å². The number of aliphatic hydroxyl groups excluding tert-OH is 2. The van der Waals surface area contributed by atoms with Crippen molar-refractivity contribution in [2.45, 2.75) is 25.0 Å². The first-order chi connectivity index (χ1) is 5.19. The summed E-state index contributed by atoms with van der Waals surface area (Å²) in [7, 11) is 0. The first-order valence-electron chi connectivity index (χ1n) is 4.00. The zero-order chi connectivity index (χ0) is 8.06. The predicted molar refractivity (Wildman–Crippen MR) is 38.5 cm³/mol. The second-order valence-electron chi connectivity index (χ2n) is 3.68. The summed E-state index contributed by atoms with van der Waals surface area (Å²) in [5.41, 5.74) is -0.663. The molecule has 1 unspecified atom stereocenters. The Morgan fingerprint density at radius 3 is 2.58 bits per heavy atom. The van der Waals surface area contributed by atoms with E-state index in [0.717, 1.165) is 6.42 Å². The quantitative estimate of drug-likeness (QED) is 0.612. The summed E-state index contributed by atoms with van der Waals surface area (Å²) in [6.07, 6.45) is 0.272. The van der Waals surface area contributed by atoms with Gasteiger partial charge >= 0.3 is 0 Å². The Morgan fingerprint density at radius 2 is 2.33 bits per heavy atom. The van der Waals surface area contributed by atoms with Crippen LogP contribution in [0.2, 0.25) is 0 Å². The average molecular weight is 395 g/mol. The minimum Gasteiger partial charge on any atom is -0.544 e. The van der Waals surface area contributed by atoms with E-state index in [1.54, 1.807) is 6.61 Å². The maximum atomic E-state index is 9.63. The van der Waals surface area contributed by atoms with Crippen LogP contribution in [0.3, 0.4) is 0 Å². The molecule has 12 heavy (non-hydrogen) atoms. The van der Waals surface area contributed by atoms with Crippen LogP contribution >= 0.6 is 0 Å². The van der Waals surface area contributed by atoms with Crippen LogP contribution in [0.5, 0.6) is 0 Å². The third-order valence-corrected chi connectivity index (χ3v) is 2.96. The Labute approximate surface area is 95.9 Å². The number of hydrogen-bond acceptors (Lipinski definition) is 3. The van der Waals surface area contributed by atoms with Gasteiger partial charge in [0.05, 0.1) is 18.3 Å². The maximum Gasteiger partial charge on any atom is 0.0829 e. The third kappa shape index (κ3) is 1.29. The molecule has 2 fully saturated rings. The van der Waals surface area contributed by atoms with Gasteiger partial charge in [0.25, 0.3) is 0 Å². The Morgan fingerprint density at radius 1 is 1.67 bits per heavy atom. The number of fused-ring (bicyclic) bond motifs is 2. The molecule has 0 radical (unpaired) electrons. The molecule has 1 heterocycles. The largest absolute Gasteiger partial charge is 0.544 e. The van der Waals surface area contributed by atoms with Crippen LogP contribution in [0.25, 0.3) is 0 Å². The zero-order valence-electron chi connectivity index (χ0n) is 7.03. The first-order valence-corrected chi connectivity index (χ1v) is 4.00. The fourth-order valence-electron chi connectivity index (χ4n) is 2.20. The topological polar surface area (TPSA) is 49.7 Å². The van der Waals surface area contributed by atoms with Crippen LogP contribution in [0, 0.1) is 49.6 Å². The molecular weight excluding hydrogens is 382 g/mol. The standard InChI is InChI=1S/C8H13O3.U/c1-5-2-8(4-9)7(10)6(5)3-11-8;/h3,5-7,9-10H,2,4H2,1H3;/q-1;/t5?,6-,7-,8+;/m0./s1. The van der Waals surface area contributed by atoms with Crippen molar-refractivity contribution in [3.63, 3.8) is 0 Å². The molecule has 2 rings (SSSR count). The van der Waals surface area contributed by atoms with E-state index >= 15 is 0 Å². The van der Waals surface area contributed by atoms with Gasteiger partial charge in [-0.3, -0.25) is 0 Å². The monoisotopic (exact) mass is 395 g/mol. The zero-order valence-corrected chi connectivity index (χ0v) is 11.2. The van der Waals surface area contributed by atoms with Crippen molar-refractivity contribution in [1.29, 1.82) is 0 Å². The molecule has 2 bridgehead atoms. The molecule has 68 valence electrons. The van der Waals surface area contributed by atoms with Gasteiger partial charge in [-0.1, -0.05) is 12.8 Å². The summed E-state index contributed by atoms with van der Waals surface area (Å²) in [6, 6.07) is 0. The van der Waals surface area contributed by atoms with Gasteiger partial charge in [0.15, 0.2) is 0 Å². The van der Waals surface area contributed by atoms with E-state index in [9.17, 15) is 5.11 Å². The van der Waals surface area contributed by atoms with Gasteiger partial charge < -0.3 is 14.9 Å². The van der Waals surface area contributed by atoms with E-state index in [2.05, 4.69) is 6.92 Å². The van der Waals surface area contributed by atoms with E-state index < -0.39 is 11.7 Å². The van der Waals surface area contributed by atoms with Gasteiger partial charge in [0, 0.05) is 31.1 Å². The molecule has 4 heteroatoms. The molecule has 2 aliphatic rings. The number of ether oxygens (including phenoxy) is 1. The molecule has 1 saturated carbocycles. The molecule has 0 spiro atoms. The van der Waals surface area contributed by atoms with Crippen LogP contribution in [-0.4, -0.2) is 28.5 Å². The number of aliphatic hydroxyl groups is 2. The SMILES string of the molecule is CC1C[C@]2(CO)O[CH-][C@@H]1[C@@H]2O.[U]. The van der Waals surface area contributed by atoms with Crippen molar-refractivity contribution in [3.05, 3.63) is 6.61 Å². The van der Waals surface area contributed by atoms with Crippen LogP contribution in [0.4, 0.5) is 0 Å². The fraction of sp³-hybridized carbons (Fsp3) is 0.875. The summed E-state index contributed by atoms with van der Waals surface area (Å²) in [6.45, 7) is 3.67. The maximum absolute atomic E-state index is 9.63. The summed E-state index contributed by atoms with van der Waals surface area (Å²) < 4.78 is 5.25. The van der Waals surface area contributed by atoms with E-state index in [4.69, 9.17) is 9.84 Å². The van der Waals surface area contributed by atoms with E-state index in [1.165, 1.54) is 0 Å². The number of rotatable bonds is 1. The molecule has 4 atom stereocenters. The minimum atomic E-state index is -0.663. The Bertz CT molecular complexity index is 176. The second-order valence-corrected chi connectivity index (χ2v) is 3.68. The van der Waals surface area contributed by atoms with Gasteiger partial charge in [-0.15, -0.1) is 5.92 Å². The molecule has 0 aromatic carbocycles. The molecule has 0 aromatic rings. The average Bonchev–Trinajstić information content (AvgIpc) is 2.42. The molecular formula is C8H13O3U-. The summed E-state index contributed by atoms with van der Waals surface area (Å²) in [4.78, 5) is 0. The van der Waals surface area contributed by atoms with Crippen molar-refractivity contribution >= 4 is 0 Å². The normalized spacial score (nSPS) is 50.8. The first kappa shape index (κ1) is 11.0. The summed E-state index contributed by atoms with van der Waals surface area (Å²) >= 11 is 0. The van der Waals surface area contributed by atoms with E-state index in [1.807, 2.05) is 0 Å². The van der Waals surface area contributed by atoms with Crippen molar-refractivity contribution in [1.82, 2.24) is 0 Å². The molecule has 3 nitrogen and oxygen atoms in total. The van der Waals surface area contributed by atoms with Gasteiger partial charge in [-0.2, -0.15) is 0 Å². The Balaban J connectivity index is 0.000000720. The second kappa shape index (κ2) is 3.59. The van der Waals surface area contributed by atoms with E-state index in [0.29, 0.717) is 5.92 Å². The van der Waals surface area contributed by atoms with Crippen LogP contribution in [0.1, 0.15) is 13.3 Å². The Kier molecular flexibility index (Phi) is 3.29. The van der Waals surface area contributed by atoms with E-state index in [-0.39, 0.29) is 43.6 Å². The smallest absolute Gasteiger partial charge is 0.0829 e. The summed E-state index contributed by atoms with van der Waals surface area (Å²) in [5, 5.41) is 18.7. The summed E-state index contributed by atoms with van der Waals surface area (Å²) in [5.74, 6) is 0.563. The molecule has 0 aromatic heterocycles. The third-order valence-electron chi connectivity index (χ3n) is 2.96. The van der Waals surface area contributed by atoms with Gasteiger partial charge in [-0.25, -0.2) is 6.61 Å². The number of hydrogen-bond donors (Lipinski definition) is 2. The minimum absolute atomic E-state index is 0. The van der Waals surface area contributed by atoms with Crippen LogP contribution in [0.15, 0.2) is 0 Å². The molecule has 1 aliphatic heterocycles. The predicted octanol–water partition coefficient (Wildman–Crippen LogP) is -0.0736. The van der Waals surface area contributed by atoms with Crippen LogP contribution < -0.4 is 0 Å². The molecule has 2 N–H and O–H groups in total.